The van der Waals surface area contributed by atoms with Gasteiger partial charge in [-0.1, -0.05) is 23.7 Å². The van der Waals surface area contributed by atoms with Crippen molar-refractivity contribution in [3.8, 4) is 0 Å². The summed E-state index contributed by atoms with van der Waals surface area (Å²) < 4.78 is 0. The topological polar surface area (TPSA) is 46.3 Å². The van der Waals surface area contributed by atoms with E-state index < -0.39 is 0 Å². The molecular weight excluding hydrogens is 236 g/mol. The summed E-state index contributed by atoms with van der Waals surface area (Å²) in [5.74, 6) is 0.448. The highest BCUT2D eigenvalue weighted by Crippen LogP contribution is 2.21. The van der Waals surface area contributed by atoms with Crippen molar-refractivity contribution < 1.29 is 4.79 Å². The fourth-order valence-corrected chi connectivity index (χ4v) is 2.46. The van der Waals surface area contributed by atoms with Crippen LogP contribution in [0.25, 0.3) is 0 Å². The molecule has 1 aromatic rings. The first kappa shape index (κ1) is 12.4. The summed E-state index contributed by atoms with van der Waals surface area (Å²) >= 11 is 6.04. The maximum Gasteiger partial charge on any atom is 0.255 e. The highest BCUT2D eigenvalue weighted by atomic mass is 35.5. The van der Waals surface area contributed by atoms with Gasteiger partial charge in [-0.15, -0.1) is 0 Å². The Bertz CT molecular complexity index is 408. The molecule has 0 bridgehead atoms. The van der Waals surface area contributed by atoms with Crippen molar-refractivity contribution in [3.05, 3.63) is 34.9 Å². The van der Waals surface area contributed by atoms with Gasteiger partial charge >= 0.3 is 0 Å². The fourth-order valence-electron chi connectivity index (χ4n) is 2.25. The van der Waals surface area contributed by atoms with Gasteiger partial charge in [0.15, 0.2) is 0 Å². The van der Waals surface area contributed by atoms with Crippen LogP contribution in [0.15, 0.2) is 24.3 Å². The molecule has 4 heteroatoms. The van der Waals surface area contributed by atoms with Gasteiger partial charge in [0.25, 0.3) is 5.91 Å². The third-order valence-electron chi connectivity index (χ3n) is 3.24. The number of carbonyl (C=O) groups excluding carboxylic acids is 1. The lowest BCUT2D eigenvalue weighted by Crippen LogP contribution is -2.42. The molecular formula is C13H17ClN2O. The molecule has 1 aliphatic heterocycles. The number of rotatable bonds is 2. The minimum Gasteiger partial charge on any atom is -0.338 e. The van der Waals surface area contributed by atoms with Crippen molar-refractivity contribution in [2.45, 2.75) is 12.8 Å². The van der Waals surface area contributed by atoms with Crippen molar-refractivity contribution in [1.82, 2.24) is 4.90 Å². The summed E-state index contributed by atoms with van der Waals surface area (Å²) in [5, 5.41) is 0.521. The Hall–Kier alpha value is -1.06. The SMILES string of the molecule is NCC1CCCN(C(=O)c2ccccc2Cl)C1. The Balaban J connectivity index is 2.12. The number of hydrogen-bond donors (Lipinski definition) is 1. The van der Waals surface area contributed by atoms with E-state index in [1.54, 1.807) is 12.1 Å². The molecule has 0 saturated carbocycles. The monoisotopic (exact) mass is 252 g/mol. The minimum absolute atomic E-state index is 0.0220. The predicted octanol–water partition coefficient (Wildman–Crippen LogP) is 2.15. The summed E-state index contributed by atoms with van der Waals surface area (Å²) in [5.41, 5.74) is 6.26. The Morgan fingerprint density at radius 3 is 2.94 bits per heavy atom. The van der Waals surface area contributed by atoms with Gasteiger partial charge < -0.3 is 10.6 Å². The number of benzene rings is 1. The number of piperidine rings is 1. The molecule has 1 atom stereocenters. The second-order valence-electron chi connectivity index (χ2n) is 4.47. The van der Waals surface area contributed by atoms with E-state index >= 15 is 0 Å². The first-order valence-corrected chi connectivity index (χ1v) is 6.34. The lowest BCUT2D eigenvalue weighted by atomic mass is 9.97. The molecule has 92 valence electrons. The summed E-state index contributed by atoms with van der Waals surface area (Å²) in [6, 6.07) is 7.19. The van der Waals surface area contributed by atoms with Gasteiger partial charge in [-0.05, 0) is 37.4 Å². The molecule has 1 heterocycles. The first-order chi connectivity index (χ1) is 8.22. The van der Waals surface area contributed by atoms with E-state index in [1.807, 2.05) is 17.0 Å². The fraction of sp³-hybridized carbons (Fsp3) is 0.462. The first-order valence-electron chi connectivity index (χ1n) is 5.96. The number of nitrogens with two attached hydrogens (primary N) is 1. The largest absolute Gasteiger partial charge is 0.338 e. The zero-order valence-corrected chi connectivity index (χ0v) is 10.5. The quantitative estimate of drug-likeness (QED) is 0.877. The van der Waals surface area contributed by atoms with E-state index in [-0.39, 0.29) is 5.91 Å². The normalized spacial score (nSPS) is 20.4. The smallest absolute Gasteiger partial charge is 0.255 e. The number of amides is 1. The molecule has 0 radical (unpaired) electrons. The van der Waals surface area contributed by atoms with Crippen LogP contribution in [-0.4, -0.2) is 30.4 Å². The molecule has 0 aliphatic carbocycles. The van der Waals surface area contributed by atoms with E-state index in [9.17, 15) is 4.79 Å². The van der Waals surface area contributed by atoms with Gasteiger partial charge in [-0.2, -0.15) is 0 Å². The van der Waals surface area contributed by atoms with E-state index in [0.717, 1.165) is 25.9 Å². The summed E-state index contributed by atoms with van der Waals surface area (Å²) in [6.07, 6.45) is 2.14. The summed E-state index contributed by atoms with van der Waals surface area (Å²) in [7, 11) is 0. The molecule has 3 nitrogen and oxygen atoms in total. The number of nitrogens with zero attached hydrogens (tertiary/aromatic N) is 1. The highest BCUT2D eigenvalue weighted by Gasteiger charge is 2.24. The summed E-state index contributed by atoms with van der Waals surface area (Å²) in [6.45, 7) is 2.20. The van der Waals surface area contributed by atoms with E-state index in [0.29, 0.717) is 23.0 Å². The van der Waals surface area contributed by atoms with Crippen LogP contribution in [0.1, 0.15) is 23.2 Å². The molecule has 1 unspecified atom stereocenters. The van der Waals surface area contributed by atoms with E-state index in [1.165, 1.54) is 0 Å². The average molecular weight is 253 g/mol. The Labute approximate surface area is 107 Å². The van der Waals surface area contributed by atoms with Gasteiger partial charge in [0.1, 0.15) is 0 Å². The third-order valence-corrected chi connectivity index (χ3v) is 3.57. The third kappa shape index (κ3) is 2.79. The van der Waals surface area contributed by atoms with Crippen LogP contribution in [-0.2, 0) is 0 Å². The van der Waals surface area contributed by atoms with Gasteiger partial charge in [-0.3, -0.25) is 4.79 Å². The van der Waals surface area contributed by atoms with Crippen LogP contribution >= 0.6 is 11.6 Å². The van der Waals surface area contributed by atoms with Crippen LogP contribution in [0, 0.1) is 5.92 Å². The molecule has 2 rings (SSSR count). The lowest BCUT2D eigenvalue weighted by molar-refractivity contribution is 0.0678. The van der Waals surface area contributed by atoms with Gasteiger partial charge in [0.05, 0.1) is 10.6 Å². The highest BCUT2D eigenvalue weighted by molar-refractivity contribution is 6.33. The maximum absolute atomic E-state index is 12.3. The molecule has 1 saturated heterocycles. The van der Waals surface area contributed by atoms with Crippen molar-refractivity contribution in [2.75, 3.05) is 19.6 Å². The minimum atomic E-state index is 0.0220. The number of likely N-dealkylation sites (tertiary alicyclic amines) is 1. The Morgan fingerprint density at radius 1 is 1.47 bits per heavy atom. The molecule has 1 amide bonds. The van der Waals surface area contributed by atoms with Crippen molar-refractivity contribution in [1.29, 1.82) is 0 Å². The average Bonchev–Trinajstić information content (AvgIpc) is 2.38. The maximum atomic E-state index is 12.3. The standard InChI is InChI=1S/C13H17ClN2O/c14-12-6-2-1-5-11(12)13(17)16-7-3-4-10(8-15)9-16/h1-2,5-6,10H,3-4,7-9,15H2. The summed E-state index contributed by atoms with van der Waals surface area (Å²) in [4.78, 5) is 14.1. The predicted molar refractivity (Wildman–Crippen MR) is 69.1 cm³/mol. The number of carbonyl (C=O) groups is 1. The van der Waals surface area contributed by atoms with Crippen LogP contribution in [0.5, 0.6) is 0 Å². The molecule has 0 aromatic heterocycles. The molecule has 2 N–H and O–H groups in total. The van der Waals surface area contributed by atoms with Crippen molar-refractivity contribution in [3.63, 3.8) is 0 Å². The molecule has 0 spiro atoms. The van der Waals surface area contributed by atoms with Gasteiger partial charge in [0, 0.05) is 13.1 Å². The molecule has 1 fully saturated rings. The van der Waals surface area contributed by atoms with Gasteiger partial charge in [0.2, 0.25) is 0 Å². The molecule has 1 aliphatic rings. The zero-order valence-electron chi connectivity index (χ0n) is 9.73. The number of hydrogen-bond acceptors (Lipinski definition) is 2. The number of halogens is 1. The van der Waals surface area contributed by atoms with Crippen LogP contribution in [0.4, 0.5) is 0 Å². The van der Waals surface area contributed by atoms with Gasteiger partial charge in [-0.25, -0.2) is 0 Å². The van der Waals surface area contributed by atoms with E-state index in [2.05, 4.69) is 0 Å². The van der Waals surface area contributed by atoms with Crippen molar-refractivity contribution >= 4 is 17.5 Å². The van der Waals surface area contributed by atoms with Crippen LogP contribution < -0.4 is 5.73 Å². The molecule has 17 heavy (non-hydrogen) atoms. The lowest BCUT2D eigenvalue weighted by Gasteiger charge is -2.32. The Kier molecular flexibility index (Phi) is 4.02. The van der Waals surface area contributed by atoms with E-state index in [4.69, 9.17) is 17.3 Å². The second kappa shape index (κ2) is 5.52. The van der Waals surface area contributed by atoms with Crippen LogP contribution in [0.2, 0.25) is 5.02 Å². The molecule has 1 aromatic carbocycles. The van der Waals surface area contributed by atoms with Crippen molar-refractivity contribution in [2.24, 2.45) is 11.7 Å². The second-order valence-corrected chi connectivity index (χ2v) is 4.88. The van der Waals surface area contributed by atoms with Crippen LogP contribution in [0.3, 0.4) is 0 Å². The Morgan fingerprint density at radius 2 is 2.24 bits per heavy atom. The zero-order chi connectivity index (χ0) is 12.3.